The molecule has 0 radical (unpaired) electrons. The topological polar surface area (TPSA) is 68.5 Å². The number of ether oxygens (including phenoxy) is 1. The maximum Gasteiger partial charge on any atom is 0.278 e. The largest absolute Gasteiger partial charge is 0.375 e. The van der Waals surface area contributed by atoms with E-state index in [1.807, 2.05) is 6.92 Å². The summed E-state index contributed by atoms with van der Waals surface area (Å²) in [5, 5.41) is 11.7. The van der Waals surface area contributed by atoms with E-state index >= 15 is 0 Å². The molecule has 3 rings (SSSR count). The van der Waals surface area contributed by atoms with Crippen LogP contribution in [-0.4, -0.2) is 35.7 Å². The number of anilines is 1. The summed E-state index contributed by atoms with van der Waals surface area (Å²) in [5.41, 5.74) is 1.70. The van der Waals surface area contributed by atoms with E-state index in [0.717, 1.165) is 18.8 Å². The van der Waals surface area contributed by atoms with Crippen molar-refractivity contribution in [3.63, 3.8) is 0 Å². The van der Waals surface area contributed by atoms with E-state index < -0.39 is 0 Å². The molecule has 6 nitrogen and oxygen atoms in total. The highest BCUT2D eigenvalue weighted by Crippen LogP contribution is 2.32. The molecule has 1 aliphatic heterocycles. The van der Waals surface area contributed by atoms with Crippen molar-refractivity contribution in [3.05, 3.63) is 40.6 Å². The van der Waals surface area contributed by atoms with Gasteiger partial charge >= 0.3 is 0 Å². The second-order valence-electron chi connectivity index (χ2n) is 4.89. The second-order valence-corrected chi connectivity index (χ2v) is 4.89. The normalized spacial score (nSPS) is 19.2. The molecule has 6 heteroatoms. The Morgan fingerprint density at radius 1 is 1.45 bits per heavy atom. The molecule has 2 aromatic rings. The van der Waals surface area contributed by atoms with Crippen molar-refractivity contribution in [2.45, 2.75) is 13.0 Å². The number of morpholine rings is 1. The van der Waals surface area contributed by atoms with Gasteiger partial charge in [-0.3, -0.25) is 15.1 Å². The van der Waals surface area contributed by atoms with Crippen molar-refractivity contribution >= 4 is 22.3 Å². The van der Waals surface area contributed by atoms with Gasteiger partial charge in [0.25, 0.3) is 5.69 Å². The van der Waals surface area contributed by atoms with E-state index in [2.05, 4.69) is 9.88 Å². The zero-order valence-electron chi connectivity index (χ0n) is 11.2. The third kappa shape index (κ3) is 2.18. The minimum absolute atomic E-state index is 0.0955. The number of rotatable bonds is 2. The number of aromatic nitrogens is 1. The first-order chi connectivity index (χ1) is 9.66. The summed E-state index contributed by atoms with van der Waals surface area (Å²) >= 11 is 0. The lowest BCUT2D eigenvalue weighted by Gasteiger charge is -2.33. The van der Waals surface area contributed by atoms with Gasteiger partial charge in [-0.1, -0.05) is 0 Å². The fraction of sp³-hybridized carbons (Fsp3) is 0.357. The van der Waals surface area contributed by atoms with Crippen LogP contribution in [-0.2, 0) is 4.74 Å². The van der Waals surface area contributed by atoms with Gasteiger partial charge in [0.05, 0.1) is 28.7 Å². The number of hydrogen-bond donors (Lipinski definition) is 0. The Hall–Kier alpha value is -2.21. The molecule has 1 unspecified atom stereocenters. The highest BCUT2D eigenvalue weighted by Gasteiger charge is 2.22. The van der Waals surface area contributed by atoms with Gasteiger partial charge in [0.2, 0.25) is 0 Å². The molecule has 1 aliphatic rings. The van der Waals surface area contributed by atoms with Crippen LogP contribution in [0.4, 0.5) is 11.4 Å². The Morgan fingerprint density at radius 3 is 3.05 bits per heavy atom. The van der Waals surface area contributed by atoms with Gasteiger partial charge in [0, 0.05) is 25.4 Å². The fourth-order valence-corrected chi connectivity index (χ4v) is 2.59. The summed E-state index contributed by atoms with van der Waals surface area (Å²) in [6, 6.07) is 6.81. The first-order valence-corrected chi connectivity index (χ1v) is 6.55. The van der Waals surface area contributed by atoms with Crippen LogP contribution in [0.2, 0.25) is 0 Å². The first-order valence-electron chi connectivity index (χ1n) is 6.55. The summed E-state index contributed by atoms with van der Waals surface area (Å²) in [6.45, 7) is 4.22. The lowest BCUT2D eigenvalue weighted by molar-refractivity contribution is -0.383. The van der Waals surface area contributed by atoms with E-state index in [0.29, 0.717) is 17.5 Å². The van der Waals surface area contributed by atoms with E-state index in [9.17, 15) is 10.1 Å². The average Bonchev–Trinajstić information content (AvgIpc) is 2.46. The monoisotopic (exact) mass is 273 g/mol. The minimum atomic E-state index is -0.365. The van der Waals surface area contributed by atoms with Crippen LogP contribution in [0.5, 0.6) is 0 Å². The van der Waals surface area contributed by atoms with Crippen molar-refractivity contribution in [3.8, 4) is 0 Å². The van der Waals surface area contributed by atoms with Crippen LogP contribution < -0.4 is 4.90 Å². The smallest absolute Gasteiger partial charge is 0.278 e. The van der Waals surface area contributed by atoms with E-state index in [4.69, 9.17) is 4.74 Å². The van der Waals surface area contributed by atoms with Crippen LogP contribution in [0.15, 0.2) is 30.5 Å². The number of non-ortho nitro benzene ring substituents is 1. The summed E-state index contributed by atoms with van der Waals surface area (Å²) in [4.78, 5) is 17.2. The van der Waals surface area contributed by atoms with Gasteiger partial charge in [-0.25, -0.2) is 0 Å². The molecular formula is C14H15N3O3. The standard InChI is InChI=1S/C14H15N3O3/c1-10-9-16(7-8-20-10)13-5-4-12(17(18)19)11-3-2-6-15-14(11)13/h2-6,10H,7-9H2,1H3. The van der Waals surface area contributed by atoms with Crippen LogP contribution in [0.25, 0.3) is 10.9 Å². The van der Waals surface area contributed by atoms with Crippen molar-refractivity contribution in [2.75, 3.05) is 24.6 Å². The third-order valence-corrected chi connectivity index (χ3v) is 3.50. The minimum Gasteiger partial charge on any atom is -0.375 e. The van der Waals surface area contributed by atoms with Gasteiger partial charge in [-0.05, 0) is 25.1 Å². The molecule has 1 fully saturated rings. The molecule has 20 heavy (non-hydrogen) atoms. The van der Waals surface area contributed by atoms with Gasteiger partial charge in [-0.15, -0.1) is 0 Å². The Bertz CT molecular complexity index is 659. The van der Waals surface area contributed by atoms with Crippen molar-refractivity contribution < 1.29 is 9.66 Å². The van der Waals surface area contributed by atoms with Crippen LogP contribution in [0.3, 0.4) is 0 Å². The molecule has 1 saturated heterocycles. The van der Waals surface area contributed by atoms with Crippen LogP contribution >= 0.6 is 0 Å². The SMILES string of the molecule is CC1CN(c2ccc([N+](=O)[O-])c3cccnc23)CCO1. The van der Waals surface area contributed by atoms with Crippen LogP contribution in [0, 0.1) is 10.1 Å². The zero-order chi connectivity index (χ0) is 14.1. The number of benzene rings is 1. The Kier molecular flexibility index (Phi) is 3.23. The summed E-state index contributed by atoms with van der Waals surface area (Å²) < 4.78 is 5.53. The van der Waals surface area contributed by atoms with E-state index in [1.54, 1.807) is 30.5 Å². The summed E-state index contributed by atoms with van der Waals surface area (Å²) in [5.74, 6) is 0. The Morgan fingerprint density at radius 2 is 2.30 bits per heavy atom. The molecule has 0 amide bonds. The number of nitrogens with zero attached hydrogens (tertiary/aromatic N) is 3. The summed E-state index contributed by atoms with van der Waals surface area (Å²) in [7, 11) is 0. The number of pyridine rings is 1. The molecular weight excluding hydrogens is 258 g/mol. The molecule has 0 spiro atoms. The highest BCUT2D eigenvalue weighted by molar-refractivity contribution is 5.97. The third-order valence-electron chi connectivity index (χ3n) is 3.50. The zero-order valence-corrected chi connectivity index (χ0v) is 11.2. The second kappa shape index (κ2) is 5.05. The maximum atomic E-state index is 11.1. The molecule has 2 heterocycles. The average molecular weight is 273 g/mol. The number of hydrogen-bond acceptors (Lipinski definition) is 5. The van der Waals surface area contributed by atoms with Gasteiger partial charge in [0.1, 0.15) is 5.52 Å². The lowest BCUT2D eigenvalue weighted by Crippen LogP contribution is -2.41. The number of fused-ring (bicyclic) bond motifs is 1. The Labute approximate surface area is 116 Å². The van der Waals surface area contributed by atoms with E-state index in [-0.39, 0.29) is 16.7 Å². The van der Waals surface area contributed by atoms with E-state index in [1.165, 1.54) is 0 Å². The molecule has 1 aromatic heterocycles. The summed E-state index contributed by atoms with van der Waals surface area (Å²) in [6.07, 6.45) is 1.82. The van der Waals surface area contributed by atoms with Gasteiger partial charge in [-0.2, -0.15) is 0 Å². The molecule has 0 saturated carbocycles. The first kappa shape index (κ1) is 12.8. The molecule has 1 aromatic carbocycles. The molecule has 104 valence electrons. The maximum absolute atomic E-state index is 11.1. The molecule has 0 bridgehead atoms. The van der Waals surface area contributed by atoms with Crippen molar-refractivity contribution in [1.29, 1.82) is 0 Å². The number of nitro groups is 1. The van der Waals surface area contributed by atoms with Crippen molar-refractivity contribution in [1.82, 2.24) is 4.98 Å². The fourth-order valence-electron chi connectivity index (χ4n) is 2.59. The number of nitro benzene ring substituents is 1. The predicted molar refractivity (Wildman–Crippen MR) is 76.0 cm³/mol. The molecule has 0 aliphatic carbocycles. The quantitative estimate of drug-likeness (QED) is 0.620. The lowest BCUT2D eigenvalue weighted by atomic mass is 10.1. The van der Waals surface area contributed by atoms with Crippen LogP contribution in [0.1, 0.15) is 6.92 Å². The predicted octanol–water partition coefficient (Wildman–Crippen LogP) is 2.37. The van der Waals surface area contributed by atoms with Gasteiger partial charge < -0.3 is 9.64 Å². The van der Waals surface area contributed by atoms with Crippen molar-refractivity contribution in [2.24, 2.45) is 0 Å². The Balaban J connectivity index is 2.12. The molecule has 0 N–H and O–H groups in total. The molecule has 1 atom stereocenters. The van der Waals surface area contributed by atoms with Gasteiger partial charge in [0.15, 0.2) is 0 Å². The highest BCUT2D eigenvalue weighted by atomic mass is 16.6.